The summed E-state index contributed by atoms with van der Waals surface area (Å²) in [5.74, 6) is 0.506. The monoisotopic (exact) mass is 361 g/mol. The number of benzene rings is 1. The predicted octanol–water partition coefficient (Wildman–Crippen LogP) is 1.93. The van der Waals surface area contributed by atoms with E-state index in [0.29, 0.717) is 28.4 Å². The Kier molecular flexibility index (Phi) is 3.13. The fourth-order valence-corrected chi connectivity index (χ4v) is 3.02. The third kappa shape index (κ3) is 2.38. The molecule has 4 heterocycles. The van der Waals surface area contributed by atoms with Crippen molar-refractivity contribution in [2.75, 3.05) is 5.73 Å². The summed E-state index contributed by atoms with van der Waals surface area (Å²) in [4.78, 5) is 8.81. The van der Waals surface area contributed by atoms with Gasteiger partial charge in [0, 0.05) is 17.3 Å². The first-order valence-corrected chi connectivity index (χ1v) is 8.07. The molecule has 0 radical (unpaired) electrons. The third-order valence-electron chi connectivity index (χ3n) is 4.19. The van der Waals surface area contributed by atoms with Crippen molar-refractivity contribution >= 4 is 17.1 Å². The lowest BCUT2D eigenvalue weighted by atomic mass is 10.1. The minimum Gasteiger partial charge on any atom is -0.380 e. The van der Waals surface area contributed by atoms with E-state index in [1.165, 1.54) is 16.6 Å². The predicted molar refractivity (Wildman–Crippen MR) is 95.1 cm³/mol. The average molecular weight is 361 g/mol. The number of tetrazole rings is 1. The quantitative estimate of drug-likeness (QED) is 0.511. The molecule has 0 aliphatic heterocycles. The minimum atomic E-state index is -0.337. The second-order valence-corrected chi connectivity index (χ2v) is 6.00. The van der Waals surface area contributed by atoms with Gasteiger partial charge in [-0.3, -0.25) is 0 Å². The molecule has 1 aromatic carbocycles. The molecule has 0 unspecified atom stereocenters. The number of nitrogens with zero attached hydrogens (tertiary/aromatic N) is 8. The van der Waals surface area contributed by atoms with Crippen LogP contribution in [-0.4, -0.2) is 39.6 Å². The van der Waals surface area contributed by atoms with Crippen molar-refractivity contribution in [3.63, 3.8) is 0 Å². The molecular formula is C17H12FN9. The molecular weight excluding hydrogens is 349 g/mol. The van der Waals surface area contributed by atoms with E-state index in [1.54, 1.807) is 16.6 Å². The molecule has 0 atom stereocenters. The highest BCUT2D eigenvalue weighted by Crippen LogP contribution is 2.32. The van der Waals surface area contributed by atoms with Crippen LogP contribution in [0.15, 0.2) is 42.6 Å². The molecule has 27 heavy (non-hydrogen) atoms. The first kappa shape index (κ1) is 15.3. The van der Waals surface area contributed by atoms with E-state index >= 15 is 0 Å². The van der Waals surface area contributed by atoms with E-state index in [9.17, 15) is 4.39 Å². The molecule has 0 fully saturated rings. The van der Waals surface area contributed by atoms with E-state index in [-0.39, 0.29) is 11.6 Å². The summed E-state index contributed by atoms with van der Waals surface area (Å²) in [6.45, 7) is 1.82. The molecule has 0 saturated heterocycles. The van der Waals surface area contributed by atoms with E-state index in [0.717, 1.165) is 11.2 Å². The largest absolute Gasteiger partial charge is 0.380 e. The molecule has 0 saturated carbocycles. The van der Waals surface area contributed by atoms with Crippen molar-refractivity contribution < 1.29 is 4.39 Å². The van der Waals surface area contributed by atoms with Crippen molar-refractivity contribution in [1.29, 1.82) is 0 Å². The Morgan fingerprint density at radius 3 is 2.59 bits per heavy atom. The van der Waals surface area contributed by atoms with E-state index < -0.39 is 0 Å². The second-order valence-electron chi connectivity index (χ2n) is 6.00. The number of aromatic nitrogens is 8. The highest BCUT2D eigenvalue weighted by atomic mass is 19.1. The Labute approximate surface area is 151 Å². The number of hydrogen-bond acceptors (Lipinski definition) is 7. The number of halogens is 1. The van der Waals surface area contributed by atoms with Crippen LogP contribution in [0.4, 0.5) is 10.2 Å². The summed E-state index contributed by atoms with van der Waals surface area (Å²) >= 11 is 0. The topological polar surface area (TPSA) is 112 Å². The number of aryl methyl sites for hydroxylation is 1. The molecule has 4 aromatic heterocycles. The molecule has 132 valence electrons. The van der Waals surface area contributed by atoms with Crippen molar-refractivity contribution in [2.45, 2.75) is 6.92 Å². The van der Waals surface area contributed by atoms with Gasteiger partial charge in [0.15, 0.2) is 11.5 Å². The maximum atomic E-state index is 13.4. The van der Waals surface area contributed by atoms with Gasteiger partial charge in [0.1, 0.15) is 17.3 Å². The maximum Gasteiger partial charge on any atom is 0.222 e. The van der Waals surface area contributed by atoms with Gasteiger partial charge in [0.25, 0.3) is 0 Å². The zero-order valence-corrected chi connectivity index (χ0v) is 14.1. The Bertz CT molecular complexity index is 1300. The minimum absolute atomic E-state index is 0.181. The van der Waals surface area contributed by atoms with Crippen molar-refractivity contribution in [3.05, 3.63) is 54.2 Å². The molecule has 0 bridgehead atoms. The molecule has 0 amide bonds. The lowest BCUT2D eigenvalue weighted by molar-refractivity contribution is 0.628. The Morgan fingerprint density at radius 2 is 1.78 bits per heavy atom. The molecule has 0 aliphatic carbocycles. The Balaban J connectivity index is 1.85. The molecule has 2 N–H and O–H groups in total. The molecule has 0 spiro atoms. The van der Waals surface area contributed by atoms with Gasteiger partial charge in [-0.15, -0.1) is 5.10 Å². The number of nitrogen functional groups attached to an aromatic ring is 1. The van der Waals surface area contributed by atoms with Gasteiger partial charge in [0.05, 0.1) is 5.69 Å². The number of anilines is 1. The molecule has 0 aliphatic rings. The van der Waals surface area contributed by atoms with Crippen LogP contribution in [0.2, 0.25) is 0 Å². The standard InChI is InChI=1S/C17H12FN9/c1-9-20-13-7-4-11(8-26(13)23-9)15-14(10-2-5-12(18)6-3-10)21-16(19)17-22-24-25-27(15)17/h2-8H,1H3,(H2,19,21). The Morgan fingerprint density at radius 1 is 1.00 bits per heavy atom. The summed E-state index contributed by atoms with van der Waals surface area (Å²) in [5, 5.41) is 16.1. The number of rotatable bonds is 2. The number of hydrogen-bond donors (Lipinski definition) is 1. The summed E-state index contributed by atoms with van der Waals surface area (Å²) < 4.78 is 16.6. The van der Waals surface area contributed by atoms with Crippen molar-refractivity contribution in [1.82, 2.24) is 39.6 Å². The number of nitrogens with two attached hydrogens (primary N) is 1. The van der Waals surface area contributed by atoms with Gasteiger partial charge >= 0.3 is 0 Å². The van der Waals surface area contributed by atoms with Gasteiger partial charge in [-0.2, -0.15) is 9.61 Å². The summed E-state index contributed by atoms with van der Waals surface area (Å²) in [7, 11) is 0. The maximum absolute atomic E-state index is 13.4. The second kappa shape index (κ2) is 5.53. The molecule has 10 heteroatoms. The number of fused-ring (bicyclic) bond motifs is 2. The van der Waals surface area contributed by atoms with Crippen LogP contribution in [0.25, 0.3) is 33.8 Å². The number of pyridine rings is 1. The van der Waals surface area contributed by atoms with Crippen LogP contribution in [0.3, 0.4) is 0 Å². The van der Waals surface area contributed by atoms with Gasteiger partial charge in [-0.25, -0.2) is 18.9 Å². The summed E-state index contributed by atoms with van der Waals surface area (Å²) in [6.07, 6.45) is 1.82. The van der Waals surface area contributed by atoms with Gasteiger partial charge in [0.2, 0.25) is 5.65 Å². The lowest BCUT2D eigenvalue weighted by Gasteiger charge is -2.12. The van der Waals surface area contributed by atoms with Crippen LogP contribution in [-0.2, 0) is 0 Å². The van der Waals surface area contributed by atoms with E-state index in [4.69, 9.17) is 5.73 Å². The third-order valence-corrected chi connectivity index (χ3v) is 4.19. The lowest BCUT2D eigenvalue weighted by Crippen LogP contribution is -2.05. The van der Waals surface area contributed by atoms with Crippen LogP contribution in [0.1, 0.15) is 5.82 Å². The first-order chi connectivity index (χ1) is 13.1. The van der Waals surface area contributed by atoms with Crippen molar-refractivity contribution in [2.24, 2.45) is 0 Å². The molecule has 5 aromatic rings. The van der Waals surface area contributed by atoms with Crippen LogP contribution in [0, 0.1) is 12.7 Å². The fraction of sp³-hybridized carbons (Fsp3) is 0.0588. The van der Waals surface area contributed by atoms with Crippen LogP contribution in [0.5, 0.6) is 0 Å². The van der Waals surface area contributed by atoms with Gasteiger partial charge < -0.3 is 5.73 Å². The van der Waals surface area contributed by atoms with E-state index in [2.05, 4.69) is 30.6 Å². The highest BCUT2D eigenvalue weighted by Gasteiger charge is 2.19. The molecule has 5 rings (SSSR count). The first-order valence-electron chi connectivity index (χ1n) is 8.07. The van der Waals surface area contributed by atoms with Crippen LogP contribution < -0.4 is 5.73 Å². The zero-order chi connectivity index (χ0) is 18.5. The van der Waals surface area contributed by atoms with Gasteiger partial charge in [-0.05, 0) is 53.7 Å². The fourth-order valence-electron chi connectivity index (χ4n) is 3.02. The van der Waals surface area contributed by atoms with Crippen LogP contribution >= 0.6 is 0 Å². The summed E-state index contributed by atoms with van der Waals surface area (Å²) in [6, 6.07) is 9.72. The van der Waals surface area contributed by atoms with E-state index in [1.807, 2.05) is 25.3 Å². The normalized spacial score (nSPS) is 11.5. The smallest absolute Gasteiger partial charge is 0.222 e. The van der Waals surface area contributed by atoms with Gasteiger partial charge in [-0.1, -0.05) is 0 Å². The highest BCUT2D eigenvalue weighted by molar-refractivity contribution is 5.82. The SMILES string of the molecule is Cc1nc2ccc(-c3c(-c4ccc(F)cc4)nc(N)c4nnnn34)cn2n1. The molecule has 9 nitrogen and oxygen atoms in total. The zero-order valence-electron chi connectivity index (χ0n) is 14.1. The van der Waals surface area contributed by atoms with Crippen molar-refractivity contribution in [3.8, 4) is 22.5 Å². The Hall–Kier alpha value is -3.95. The average Bonchev–Trinajstić information content (AvgIpc) is 3.27. The summed E-state index contributed by atoms with van der Waals surface area (Å²) in [5.41, 5.74) is 9.68.